The summed E-state index contributed by atoms with van der Waals surface area (Å²) in [5.74, 6) is -0.137. The minimum absolute atomic E-state index is 0.137. The van der Waals surface area contributed by atoms with Gasteiger partial charge in [0.05, 0.1) is 10.7 Å². The summed E-state index contributed by atoms with van der Waals surface area (Å²) in [5, 5.41) is 3.34. The van der Waals surface area contributed by atoms with Gasteiger partial charge in [0, 0.05) is 23.2 Å². The van der Waals surface area contributed by atoms with Crippen molar-refractivity contribution in [2.45, 2.75) is 19.3 Å². The summed E-state index contributed by atoms with van der Waals surface area (Å²) in [4.78, 5) is 12.9. The van der Waals surface area contributed by atoms with Crippen molar-refractivity contribution in [1.29, 1.82) is 0 Å². The van der Waals surface area contributed by atoms with Crippen LogP contribution in [0.3, 0.4) is 0 Å². The number of hydrogen-bond donors (Lipinski definition) is 2. The Labute approximate surface area is 126 Å². The molecule has 0 spiro atoms. The van der Waals surface area contributed by atoms with Gasteiger partial charge in [-0.3, -0.25) is 10.2 Å². The number of carbonyl (C=O) groups is 1. The molecule has 4 nitrogen and oxygen atoms in total. The summed E-state index contributed by atoms with van der Waals surface area (Å²) in [7, 11) is 0. The number of piperidine rings is 1. The normalized spacial score (nSPS) is 16.4. The standard InChI is InChI=1S/C14H16ClN3OS/c15-9-5-4-6-10-11(9)12(16)13(20-10)14(19)17-18-7-2-1-3-8-18/h4-6H,1-3,7-8,16H2,(H,17,19). The lowest BCUT2D eigenvalue weighted by Gasteiger charge is -2.26. The van der Waals surface area contributed by atoms with Crippen LogP contribution in [0.2, 0.25) is 5.02 Å². The molecule has 0 atom stereocenters. The Bertz CT molecular complexity index is 649. The molecule has 1 aromatic carbocycles. The van der Waals surface area contributed by atoms with Gasteiger partial charge < -0.3 is 5.73 Å². The SMILES string of the molecule is Nc1c(C(=O)NN2CCCCC2)sc2cccc(Cl)c12. The lowest BCUT2D eigenvalue weighted by Crippen LogP contribution is -2.44. The molecule has 6 heteroatoms. The zero-order chi connectivity index (χ0) is 14.1. The zero-order valence-corrected chi connectivity index (χ0v) is 12.6. The fraction of sp³-hybridized carbons (Fsp3) is 0.357. The Morgan fingerprint density at radius 1 is 1.30 bits per heavy atom. The number of carbonyl (C=O) groups excluding carboxylic acids is 1. The van der Waals surface area contributed by atoms with Gasteiger partial charge in [0.15, 0.2) is 0 Å². The lowest BCUT2D eigenvalue weighted by atomic mass is 10.2. The van der Waals surface area contributed by atoms with Crippen LogP contribution < -0.4 is 11.2 Å². The number of anilines is 1. The van der Waals surface area contributed by atoms with E-state index in [0.717, 1.165) is 36.0 Å². The van der Waals surface area contributed by atoms with Crippen LogP contribution in [0.4, 0.5) is 5.69 Å². The Morgan fingerprint density at radius 2 is 2.05 bits per heavy atom. The van der Waals surface area contributed by atoms with Crippen LogP contribution in [-0.2, 0) is 0 Å². The number of thiophene rings is 1. The first kappa shape index (κ1) is 13.7. The molecular formula is C14H16ClN3OS. The van der Waals surface area contributed by atoms with Gasteiger partial charge in [0.2, 0.25) is 0 Å². The predicted octanol–water partition coefficient (Wildman–Crippen LogP) is 3.27. The summed E-state index contributed by atoms with van der Waals surface area (Å²) in [6.07, 6.45) is 3.47. The van der Waals surface area contributed by atoms with E-state index in [1.165, 1.54) is 17.8 Å². The van der Waals surface area contributed by atoms with Gasteiger partial charge >= 0.3 is 0 Å². The Kier molecular flexibility index (Phi) is 3.83. The molecule has 0 radical (unpaired) electrons. The number of halogens is 1. The first-order valence-corrected chi connectivity index (χ1v) is 7.88. The number of nitrogen functional groups attached to an aromatic ring is 1. The molecule has 1 amide bonds. The molecule has 1 aliphatic heterocycles. The van der Waals surface area contributed by atoms with Crippen molar-refractivity contribution in [3.8, 4) is 0 Å². The van der Waals surface area contributed by atoms with E-state index in [9.17, 15) is 4.79 Å². The van der Waals surface area contributed by atoms with Gasteiger partial charge in [-0.05, 0) is 25.0 Å². The maximum atomic E-state index is 12.3. The molecule has 3 N–H and O–H groups in total. The number of nitrogens with two attached hydrogens (primary N) is 1. The van der Waals surface area contributed by atoms with Crippen LogP contribution in [0.15, 0.2) is 18.2 Å². The summed E-state index contributed by atoms with van der Waals surface area (Å²) in [5.41, 5.74) is 9.51. The van der Waals surface area contributed by atoms with Crippen LogP contribution in [0.1, 0.15) is 28.9 Å². The van der Waals surface area contributed by atoms with Crippen LogP contribution in [-0.4, -0.2) is 24.0 Å². The summed E-state index contributed by atoms with van der Waals surface area (Å²) in [6, 6.07) is 5.59. The molecule has 2 heterocycles. The van der Waals surface area contributed by atoms with E-state index in [4.69, 9.17) is 17.3 Å². The minimum Gasteiger partial charge on any atom is -0.397 e. The second kappa shape index (κ2) is 5.60. The molecule has 3 rings (SSSR count). The van der Waals surface area contributed by atoms with E-state index in [1.54, 1.807) is 6.07 Å². The number of hydrazine groups is 1. The first-order chi connectivity index (χ1) is 9.66. The zero-order valence-electron chi connectivity index (χ0n) is 11.0. The average molecular weight is 310 g/mol. The molecule has 1 aromatic heterocycles. The molecule has 0 saturated carbocycles. The summed E-state index contributed by atoms with van der Waals surface area (Å²) in [6.45, 7) is 1.80. The number of hydrogen-bond acceptors (Lipinski definition) is 4. The fourth-order valence-corrected chi connectivity index (χ4v) is 3.87. The Balaban J connectivity index is 1.87. The van der Waals surface area contributed by atoms with Crippen LogP contribution in [0.5, 0.6) is 0 Å². The summed E-state index contributed by atoms with van der Waals surface area (Å²) < 4.78 is 0.943. The number of rotatable bonds is 2. The van der Waals surface area contributed by atoms with Crippen LogP contribution >= 0.6 is 22.9 Å². The molecule has 0 unspecified atom stereocenters. The molecule has 2 aromatic rings. The molecule has 20 heavy (non-hydrogen) atoms. The number of nitrogens with zero attached hydrogens (tertiary/aromatic N) is 1. The van der Waals surface area contributed by atoms with Crippen LogP contribution in [0, 0.1) is 0 Å². The maximum absolute atomic E-state index is 12.3. The Hall–Kier alpha value is -1.30. The third-order valence-corrected chi connectivity index (χ3v) is 5.01. The van der Waals surface area contributed by atoms with E-state index in [0.29, 0.717) is 15.6 Å². The number of amides is 1. The van der Waals surface area contributed by atoms with E-state index in [2.05, 4.69) is 5.43 Å². The van der Waals surface area contributed by atoms with Crippen molar-refractivity contribution in [2.24, 2.45) is 0 Å². The van der Waals surface area contributed by atoms with Gasteiger partial charge in [-0.15, -0.1) is 11.3 Å². The third kappa shape index (κ3) is 2.49. The smallest absolute Gasteiger partial charge is 0.277 e. The second-order valence-electron chi connectivity index (χ2n) is 4.95. The van der Waals surface area contributed by atoms with E-state index < -0.39 is 0 Å². The van der Waals surface area contributed by atoms with Gasteiger partial charge in [-0.25, -0.2) is 5.01 Å². The molecule has 1 aliphatic rings. The van der Waals surface area contributed by atoms with Crippen molar-refractivity contribution in [3.63, 3.8) is 0 Å². The maximum Gasteiger partial charge on any atom is 0.277 e. The molecule has 0 bridgehead atoms. The molecule has 0 aliphatic carbocycles. The number of benzene rings is 1. The average Bonchev–Trinajstić information content (AvgIpc) is 2.79. The van der Waals surface area contributed by atoms with E-state index in [-0.39, 0.29) is 5.91 Å². The molecule has 106 valence electrons. The van der Waals surface area contributed by atoms with Gasteiger partial charge in [-0.2, -0.15) is 0 Å². The quantitative estimate of drug-likeness (QED) is 0.895. The summed E-state index contributed by atoms with van der Waals surface area (Å²) >= 11 is 7.54. The van der Waals surface area contributed by atoms with E-state index in [1.807, 2.05) is 17.1 Å². The van der Waals surface area contributed by atoms with Gasteiger partial charge in [-0.1, -0.05) is 24.1 Å². The molecule has 1 fully saturated rings. The minimum atomic E-state index is -0.137. The monoisotopic (exact) mass is 309 g/mol. The van der Waals surface area contributed by atoms with Crippen molar-refractivity contribution in [3.05, 3.63) is 28.1 Å². The molecular weight excluding hydrogens is 294 g/mol. The van der Waals surface area contributed by atoms with Crippen molar-refractivity contribution in [2.75, 3.05) is 18.8 Å². The second-order valence-corrected chi connectivity index (χ2v) is 6.41. The highest BCUT2D eigenvalue weighted by molar-refractivity contribution is 7.21. The topological polar surface area (TPSA) is 58.4 Å². The largest absolute Gasteiger partial charge is 0.397 e. The van der Waals surface area contributed by atoms with Crippen LogP contribution in [0.25, 0.3) is 10.1 Å². The van der Waals surface area contributed by atoms with Crippen molar-refractivity contribution >= 4 is 44.6 Å². The van der Waals surface area contributed by atoms with Gasteiger partial charge in [0.1, 0.15) is 4.88 Å². The number of fused-ring (bicyclic) bond motifs is 1. The fourth-order valence-electron chi connectivity index (χ4n) is 2.50. The highest BCUT2D eigenvalue weighted by Gasteiger charge is 2.20. The van der Waals surface area contributed by atoms with Gasteiger partial charge in [0.25, 0.3) is 5.91 Å². The first-order valence-electron chi connectivity index (χ1n) is 6.69. The third-order valence-electron chi connectivity index (χ3n) is 3.52. The number of nitrogens with one attached hydrogen (secondary N) is 1. The lowest BCUT2D eigenvalue weighted by molar-refractivity contribution is 0.0755. The highest BCUT2D eigenvalue weighted by atomic mass is 35.5. The molecule has 1 saturated heterocycles. The Morgan fingerprint density at radius 3 is 2.75 bits per heavy atom. The van der Waals surface area contributed by atoms with Crippen molar-refractivity contribution < 1.29 is 4.79 Å². The van der Waals surface area contributed by atoms with E-state index >= 15 is 0 Å². The highest BCUT2D eigenvalue weighted by Crippen LogP contribution is 2.37. The van der Waals surface area contributed by atoms with Crippen molar-refractivity contribution in [1.82, 2.24) is 10.4 Å². The predicted molar refractivity (Wildman–Crippen MR) is 84.1 cm³/mol.